The average Bonchev–Trinajstić information content (AvgIpc) is 1.95. The van der Waals surface area contributed by atoms with Gasteiger partial charge < -0.3 is 5.11 Å². The number of hydrogen-bond acceptors (Lipinski definition) is 1. The minimum absolute atomic E-state index is 0.0133. The van der Waals surface area contributed by atoms with Crippen molar-refractivity contribution in [1.29, 1.82) is 0 Å². The molecule has 0 rings (SSSR count). The van der Waals surface area contributed by atoms with Crippen molar-refractivity contribution in [2.24, 2.45) is 11.8 Å². The monoisotopic (exact) mass is 254 g/mol. The predicted molar refractivity (Wildman–Crippen MR) is 63.8 cm³/mol. The molecule has 0 aromatic rings. The SMILES string of the molecule is CC(C)CC(O)(CCCC(F)(F)F)CC(C)C. The summed E-state index contributed by atoms with van der Waals surface area (Å²) in [5, 5.41) is 10.4. The quantitative estimate of drug-likeness (QED) is 0.707. The van der Waals surface area contributed by atoms with Gasteiger partial charge in [0, 0.05) is 6.42 Å². The molecule has 0 heterocycles. The molecule has 0 saturated heterocycles. The largest absolute Gasteiger partial charge is 0.390 e. The average molecular weight is 254 g/mol. The maximum atomic E-state index is 12.1. The highest BCUT2D eigenvalue weighted by Crippen LogP contribution is 2.32. The van der Waals surface area contributed by atoms with Crippen LogP contribution in [0, 0.1) is 11.8 Å². The van der Waals surface area contributed by atoms with Crippen molar-refractivity contribution in [3.05, 3.63) is 0 Å². The molecule has 0 fully saturated rings. The van der Waals surface area contributed by atoms with Gasteiger partial charge in [-0.2, -0.15) is 13.2 Å². The van der Waals surface area contributed by atoms with Gasteiger partial charge in [0.15, 0.2) is 0 Å². The summed E-state index contributed by atoms with van der Waals surface area (Å²) >= 11 is 0. The van der Waals surface area contributed by atoms with E-state index in [1.165, 1.54) is 0 Å². The maximum absolute atomic E-state index is 12.1. The van der Waals surface area contributed by atoms with Crippen LogP contribution < -0.4 is 0 Å². The fourth-order valence-electron chi connectivity index (χ4n) is 2.43. The molecule has 0 aromatic heterocycles. The van der Waals surface area contributed by atoms with Crippen LogP contribution in [0.15, 0.2) is 0 Å². The molecule has 0 aliphatic carbocycles. The predicted octanol–water partition coefficient (Wildman–Crippen LogP) is 4.54. The number of hydrogen-bond donors (Lipinski definition) is 1. The third-order valence-corrected chi connectivity index (χ3v) is 2.68. The number of halogens is 3. The van der Waals surface area contributed by atoms with Crippen LogP contribution in [0.1, 0.15) is 59.8 Å². The van der Waals surface area contributed by atoms with Crippen LogP contribution in [0.5, 0.6) is 0 Å². The molecule has 0 radical (unpaired) electrons. The summed E-state index contributed by atoms with van der Waals surface area (Å²) in [6.45, 7) is 7.92. The number of rotatable bonds is 7. The molecule has 1 N–H and O–H groups in total. The fourth-order valence-corrected chi connectivity index (χ4v) is 2.43. The zero-order chi connectivity index (χ0) is 13.7. The van der Waals surface area contributed by atoms with Gasteiger partial charge in [-0.1, -0.05) is 27.7 Å². The lowest BCUT2D eigenvalue weighted by Crippen LogP contribution is -2.32. The van der Waals surface area contributed by atoms with Gasteiger partial charge in [-0.15, -0.1) is 0 Å². The summed E-state index contributed by atoms with van der Waals surface area (Å²) in [6.07, 6.45) is -3.52. The Morgan fingerprint density at radius 3 is 1.59 bits per heavy atom. The Bertz CT molecular complexity index is 199. The van der Waals surface area contributed by atoms with Crippen LogP contribution in [0.3, 0.4) is 0 Å². The van der Waals surface area contributed by atoms with Crippen LogP contribution in [0.25, 0.3) is 0 Å². The first-order chi connectivity index (χ1) is 7.54. The van der Waals surface area contributed by atoms with E-state index in [9.17, 15) is 18.3 Å². The van der Waals surface area contributed by atoms with Crippen LogP contribution in [-0.2, 0) is 0 Å². The van der Waals surface area contributed by atoms with E-state index in [1.54, 1.807) is 0 Å². The molecule has 0 saturated carbocycles. The van der Waals surface area contributed by atoms with E-state index in [0.717, 1.165) is 0 Å². The van der Waals surface area contributed by atoms with Gasteiger partial charge in [0.2, 0.25) is 0 Å². The van der Waals surface area contributed by atoms with Gasteiger partial charge in [-0.3, -0.25) is 0 Å². The fraction of sp³-hybridized carbons (Fsp3) is 1.00. The highest BCUT2D eigenvalue weighted by molar-refractivity contribution is 4.81. The van der Waals surface area contributed by atoms with E-state index in [2.05, 4.69) is 0 Å². The van der Waals surface area contributed by atoms with Crippen molar-refractivity contribution in [3.63, 3.8) is 0 Å². The smallest absolute Gasteiger partial charge is 0.389 e. The van der Waals surface area contributed by atoms with Crippen LogP contribution >= 0.6 is 0 Å². The van der Waals surface area contributed by atoms with Crippen molar-refractivity contribution in [2.75, 3.05) is 0 Å². The van der Waals surface area contributed by atoms with Gasteiger partial charge in [0.1, 0.15) is 0 Å². The minimum Gasteiger partial charge on any atom is -0.390 e. The van der Waals surface area contributed by atoms with E-state index >= 15 is 0 Å². The molecule has 0 atom stereocenters. The summed E-state index contributed by atoms with van der Waals surface area (Å²) in [5.74, 6) is 0.592. The molecule has 0 amide bonds. The highest BCUT2D eigenvalue weighted by Gasteiger charge is 2.32. The Balaban J connectivity index is 4.28. The molecule has 0 aliphatic heterocycles. The molecule has 1 nitrogen and oxygen atoms in total. The van der Waals surface area contributed by atoms with Crippen molar-refractivity contribution in [1.82, 2.24) is 0 Å². The first-order valence-electron chi connectivity index (χ1n) is 6.33. The maximum Gasteiger partial charge on any atom is 0.389 e. The molecule has 4 heteroatoms. The Hall–Kier alpha value is -0.250. The lowest BCUT2D eigenvalue weighted by atomic mass is 9.81. The second-order valence-corrected chi connectivity index (χ2v) is 5.89. The third kappa shape index (κ3) is 9.45. The van der Waals surface area contributed by atoms with Gasteiger partial charge in [-0.25, -0.2) is 0 Å². The highest BCUT2D eigenvalue weighted by atomic mass is 19.4. The Kier molecular flexibility index (Phi) is 6.52. The van der Waals surface area contributed by atoms with Crippen LogP contribution in [0.4, 0.5) is 13.2 Å². The normalized spacial score (nSPS) is 13.8. The summed E-state index contributed by atoms with van der Waals surface area (Å²) in [4.78, 5) is 0. The minimum atomic E-state index is -4.11. The van der Waals surface area contributed by atoms with E-state index in [4.69, 9.17) is 0 Å². The van der Waals surface area contributed by atoms with E-state index in [0.29, 0.717) is 24.7 Å². The molecule has 0 bridgehead atoms. The van der Waals surface area contributed by atoms with E-state index < -0.39 is 18.2 Å². The molecule has 0 spiro atoms. The Morgan fingerprint density at radius 1 is 0.882 bits per heavy atom. The molecule has 0 aliphatic rings. The third-order valence-electron chi connectivity index (χ3n) is 2.68. The van der Waals surface area contributed by atoms with Crippen LogP contribution in [0.2, 0.25) is 0 Å². The number of aliphatic hydroxyl groups is 1. The van der Waals surface area contributed by atoms with E-state index in [-0.39, 0.29) is 12.8 Å². The zero-order valence-electron chi connectivity index (χ0n) is 11.3. The van der Waals surface area contributed by atoms with Crippen molar-refractivity contribution < 1.29 is 18.3 Å². The number of alkyl halides is 3. The van der Waals surface area contributed by atoms with Crippen molar-refractivity contribution in [3.8, 4) is 0 Å². The second-order valence-electron chi connectivity index (χ2n) is 5.89. The van der Waals surface area contributed by atoms with Crippen LogP contribution in [-0.4, -0.2) is 16.9 Å². The molecular weight excluding hydrogens is 229 g/mol. The molecular formula is C13H25F3O. The van der Waals surface area contributed by atoms with Crippen molar-refractivity contribution in [2.45, 2.75) is 71.6 Å². The molecule has 17 heavy (non-hydrogen) atoms. The Labute approximate surface area is 102 Å². The summed E-state index contributed by atoms with van der Waals surface area (Å²) in [5.41, 5.74) is -0.937. The van der Waals surface area contributed by atoms with Gasteiger partial charge >= 0.3 is 6.18 Å². The Morgan fingerprint density at radius 2 is 1.29 bits per heavy atom. The second kappa shape index (κ2) is 6.62. The van der Waals surface area contributed by atoms with Gasteiger partial charge in [-0.05, 0) is 37.5 Å². The summed E-state index contributed by atoms with van der Waals surface area (Å²) in [6, 6.07) is 0. The molecule has 0 unspecified atom stereocenters. The lowest BCUT2D eigenvalue weighted by molar-refractivity contribution is -0.138. The first-order valence-corrected chi connectivity index (χ1v) is 6.33. The van der Waals surface area contributed by atoms with Gasteiger partial charge in [0.25, 0.3) is 0 Å². The zero-order valence-corrected chi connectivity index (χ0v) is 11.3. The summed E-state index contributed by atoms with van der Waals surface area (Å²) in [7, 11) is 0. The first kappa shape index (κ1) is 16.8. The van der Waals surface area contributed by atoms with E-state index in [1.807, 2.05) is 27.7 Å². The molecule has 0 aromatic carbocycles. The van der Waals surface area contributed by atoms with Gasteiger partial charge in [0.05, 0.1) is 5.60 Å². The molecule has 104 valence electrons. The lowest BCUT2D eigenvalue weighted by Gasteiger charge is -2.32. The topological polar surface area (TPSA) is 20.2 Å². The standard InChI is InChI=1S/C13H25F3O/c1-10(2)8-12(17,9-11(3)4)6-5-7-13(14,15)16/h10-11,17H,5-9H2,1-4H3. The summed E-state index contributed by atoms with van der Waals surface area (Å²) < 4.78 is 36.2. The van der Waals surface area contributed by atoms with Crippen molar-refractivity contribution >= 4 is 0 Å².